The van der Waals surface area contributed by atoms with Crippen molar-refractivity contribution in [3.8, 4) is 11.5 Å². The number of hydrogen-bond acceptors (Lipinski definition) is 7. The number of rotatable bonds is 9. The summed E-state index contributed by atoms with van der Waals surface area (Å²) in [6.07, 6.45) is 0.432. The Kier molecular flexibility index (Phi) is 11.3. The number of esters is 1. The van der Waals surface area contributed by atoms with Crippen LogP contribution in [0.4, 0.5) is 0 Å². The monoisotopic (exact) mass is 446 g/mol. The Morgan fingerprint density at radius 3 is 2.12 bits per heavy atom. The molecule has 0 unspecified atom stereocenters. The first kappa shape index (κ1) is 26.4. The molecule has 0 radical (unpaired) electrons. The van der Waals surface area contributed by atoms with E-state index in [4.69, 9.17) is 20.3 Å². The van der Waals surface area contributed by atoms with Crippen LogP contribution in [0.2, 0.25) is 0 Å². The molecule has 32 heavy (non-hydrogen) atoms. The average molecular weight is 447 g/mol. The van der Waals surface area contributed by atoms with Crippen LogP contribution in [-0.4, -0.2) is 50.3 Å². The summed E-state index contributed by atoms with van der Waals surface area (Å²) < 4.78 is 14.8. The lowest BCUT2D eigenvalue weighted by atomic mass is 10.0. The zero-order chi connectivity index (χ0) is 24.1. The van der Waals surface area contributed by atoms with Gasteiger partial charge in [0.2, 0.25) is 5.91 Å². The Morgan fingerprint density at radius 2 is 1.62 bits per heavy atom. The highest BCUT2D eigenvalue weighted by Gasteiger charge is 2.18. The van der Waals surface area contributed by atoms with Crippen molar-refractivity contribution >= 4 is 17.8 Å². The minimum absolute atomic E-state index is 0.131. The molecule has 2 rings (SSSR count). The van der Waals surface area contributed by atoms with Crippen LogP contribution in [0.15, 0.2) is 48.5 Å². The van der Waals surface area contributed by atoms with E-state index < -0.39 is 18.1 Å². The molecule has 9 nitrogen and oxygen atoms in total. The third-order valence-electron chi connectivity index (χ3n) is 4.41. The van der Waals surface area contributed by atoms with E-state index in [0.717, 1.165) is 11.1 Å². The van der Waals surface area contributed by atoms with Crippen molar-refractivity contribution in [1.82, 2.24) is 5.32 Å². The SMILES string of the molecule is CC(=O)N[C@H](Cc1ccccc1)C(=O)O.COC(=O)C[C@H](N)c1ccc(OC)c(OC)c1. The number of aliphatic carboxylic acids is 1. The second kappa shape index (κ2) is 13.7. The lowest BCUT2D eigenvalue weighted by Crippen LogP contribution is -2.41. The Hall–Kier alpha value is -3.59. The zero-order valence-electron chi connectivity index (χ0n) is 18.7. The largest absolute Gasteiger partial charge is 0.493 e. The smallest absolute Gasteiger partial charge is 0.326 e. The highest BCUT2D eigenvalue weighted by molar-refractivity contribution is 5.82. The average Bonchev–Trinajstić information content (AvgIpc) is 2.78. The summed E-state index contributed by atoms with van der Waals surface area (Å²) in [5.74, 6) is -0.480. The maximum atomic E-state index is 11.1. The molecule has 0 aliphatic heterocycles. The first-order valence-electron chi connectivity index (χ1n) is 9.79. The van der Waals surface area contributed by atoms with E-state index in [1.54, 1.807) is 32.4 Å². The van der Waals surface area contributed by atoms with E-state index in [1.165, 1.54) is 14.0 Å². The number of hydrogen-bond donors (Lipinski definition) is 3. The van der Waals surface area contributed by atoms with Crippen molar-refractivity contribution in [3.63, 3.8) is 0 Å². The number of nitrogens with two attached hydrogens (primary N) is 1. The first-order chi connectivity index (χ1) is 15.2. The zero-order valence-corrected chi connectivity index (χ0v) is 18.7. The van der Waals surface area contributed by atoms with E-state index in [1.807, 2.05) is 30.3 Å². The normalized spacial score (nSPS) is 11.8. The van der Waals surface area contributed by atoms with Crippen molar-refractivity contribution in [1.29, 1.82) is 0 Å². The molecule has 2 aromatic rings. The molecule has 0 spiro atoms. The number of carboxylic acids is 1. The van der Waals surface area contributed by atoms with Crippen LogP contribution < -0.4 is 20.5 Å². The standard InChI is InChI=1S/C12H17NO4.C11H13NO3/c1-15-10-5-4-8(6-11(10)16-2)9(13)7-12(14)17-3;1-8(13)12-10(11(14)15)7-9-5-3-2-4-6-9/h4-6,9H,7,13H2,1-3H3;2-6,10H,7H2,1H3,(H,12,13)(H,14,15)/t9-;10-/m01/s1. The number of amides is 1. The predicted molar refractivity (Wildman–Crippen MR) is 118 cm³/mol. The molecule has 0 saturated heterocycles. The number of carboxylic acid groups (broad SMARTS) is 1. The van der Waals surface area contributed by atoms with Crippen LogP contribution in [0.5, 0.6) is 11.5 Å². The Balaban J connectivity index is 0.000000323. The number of ether oxygens (including phenoxy) is 3. The van der Waals surface area contributed by atoms with E-state index in [9.17, 15) is 14.4 Å². The minimum atomic E-state index is -1.02. The lowest BCUT2D eigenvalue weighted by molar-refractivity contribution is -0.141. The number of carbonyl (C=O) groups is 3. The molecule has 4 N–H and O–H groups in total. The molecule has 174 valence electrons. The van der Waals surface area contributed by atoms with Gasteiger partial charge in [-0.05, 0) is 23.3 Å². The van der Waals surface area contributed by atoms with Gasteiger partial charge < -0.3 is 30.4 Å². The molecule has 0 fully saturated rings. The molecule has 2 atom stereocenters. The Morgan fingerprint density at radius 1 is 1.00 bits per heavy atom. The van der Waals surface area contributed by atoms with Gasteiger partial charge in [-0.1, -0.05) is 36.4 Å². The molecule has 0 aromatic heterocycles. The molecule has 0 aliphatic rings. The molecule has 2 aromatic carbocycles. The van der Waals surface area contributed by atoms with Crippen molar-refractivity contribution in [2.75, 3.05) is 21.3 Å². The summed E-state index contributed by atoms with van der Waals surface area (Å²) in [6.45, 7) is 1.31. The number of benzene rings is 2. The van der Waals surface area contributed by atoms with Crippen LogP contribution in [0.1, 0.15) is 30.5 Å². The van der Waals surface area contributed by atoms with Gasteiger partial charge in [-0.3, -0.25) is 9.59 Å². The fourth-order valence-electron chi connectivity index (χ4n) is 2.76. The van der Waals surface area contributed by atoms with E-state index >= 15 is 0 Å². The summed E-state index contributed by atoms with van der Waals surface area (Å²) in [6, 6.07) is 13.2. The summed E-state index contributed by atoms with van der Waals surface area (Å²) in [7, 11) is 4.45. The number of methoxy groups -OCH3 is 3. The summed E-state index contributed by atoms with van der Waals surface area (Å²) in [5.41, 5.74) is 7.58. The van der Waals surface area contributed by atoms with Gasteiger partial charge in [0.05, 0.1) is 27.8 Å². The van der Waals surface area contributed by atoms with Crippen molar-refractivity contribution in [2.45, 2.75) is 31.8 Å². The van der Waals surface area contributed by atoms with Gasteiger partial charge in [0.25, 0.3) is 0 Å². The quantitative estimate of drug-likeness (QED) is 0.498. The van der Waals surface area contributed by atoms with Crippen LogP contribution in [0, 0.1) is 0 Å². The van der Waals surface area contributed by atoms with Gasteiger partial charge in [-0.2, -0.15) is 0 Å². The molecule has 9 heteroatoms. The van der Waals surface area contributed by atoms with Gasteiger partial charge in [0.1, 0.15) is 6.04 Å². The highest BCUT2D eigenvalue weighted by Crippen LogP contribution is 2.30. The summed E-state index contributed by atoms with van der Waals surface area (Å²) >= 11 is 0. The van der Waals surface area contributed by atoms with Gasteiger partial charge >= 0.3 is 11.9 Å². The Labute approximate surface area is 187 Å². The maximum Gasteiger partial charge on any atom is 0.326 e. The fraction of sp³-hybridized carbons (Fsp3) is 0.348. The topological polar surface area (TPSA) is 137 Å². The third-order valence-corrected chi connectivity index (χ3v) is 4.41. The second-order valence-corrected chi connectivity index (χ2v) is 6.78. The van der Waals surface area contributed by atoms with Crippen molar-refractivity contribution < 1.29 is 33.7 Å². The van der Waals surface area contributed by atoms with E-state index in [-0.39, 0.29) is 18.3 Å². The van der Waals surface area contributed by atoms with Crippen LogP contribution in [-0.2, 0) is 25.5 Å². The maximum absolute atomic E-state index is 11.1. The molecule has 1 amide bonds. The lowest BCUT2D eigenvalue weighted by Gasteiger charge is -2.13. The van der Waals surface area contributed by atoms with Crippen LogP contribution >= 0.6 is 0 Å². The number of nitrogens with one attached hydrogen (secondary N) is 1. The molecular weight excluding hydrogens is 416 g/mol. The summed E-state index contributed by atoms with van der Waals surface area (Å²) in [5, 5.41) is 11.3. The van der Waals surface area contributed by atoms with Crippen LogP contribution in [0.3, 0.4) is 0 Å². The van der Waals surface area contributed by atoms with Gasteiger partial charge in [-0.25, -0.2) is 4.79 Å². The molecular formula is C23H30N2O7. The first-order valence-corrected chi connectivity index (χ1v) is 9.79. The highest BCUT2D eigenvalue weighted by atomic mass is 16.5. The summed E-state index contributed by atoms with van der Waals surface area (Å²) in [4.78, 5) is 32.7. The minimum Gasteiger partial charge on any atom is -0.493 e. The molecule has 0 saturated carbocycles. The van der Waals surface area contributed by atoms with E-state index in [0.29, 0.717) is 17.9 Å². The number of carbonyl (C=O) groups excluding carboxylic acids is 2. The predicted octanol–water partition coefficient (Wildman–Crippen LogP) is 2.09. The third kappa shape index (κ3) is 9.05. The van der Waals surface area contributed by atoms with Crippen molar-refractivity contribution in [2.24, 2.45) is 5.73 Å². The van der Waals surface area contributed by atoms with Crippen LogP contribution in [0.25, 0.3) is 0 Å². The molecule has 0 heterocycles. The van der Waals surface area contributed by atoms with Gasteiger partial charge in [-0.15, -0.1) is 0 Å². The van der Waals surface area contributed by atoms with E-state index in [2.05, 4.69) is 10.1 Å². The fourth-order valence-corrected chi connectivity index (χ4v) is 2.76. The molecule has 0 bridgehead atoms. The second-order valence-electron chi connectivity index (χ2n) is 6.78. The van der Waals surface area contributed by atoms with Gasteiger partial charge in [0, 0.05) is 19.4 Å². The van der Waals surface area contributed by atoms with Crippen molar-refractivity contribution in [3.05, 3.63) is 59.7 Å². The molecule has 0 aliphatic carbocycles. The Bertz CT molecular complexity index is 887. The van der Waals surface area contributed by atoms with Gasteiger partial charge in [0.15, 0.2) is 11.5 Å².